The molecule has 7 rings (SSSR count). The number of hydrogen-bond acceptors (Lipinski definition) is 9. The van der Waals surface area contributed by atoms with Crippen molar-refractivity contribution in [1.29, 1.82) is 0 Å². The zero-order chi connectivity index (χ0) is 33.6. The Bertz CT molecular complexity index is 1840. The SMILES string of the molecule is O=C(Nc1ccc(N2CCN(c3ccc(OCC4COC(Cn5cncn5)(c5ccc(Cl)cc5Cl)O4)cc3)CC2)cc1)Oc1ccccc1. The topological polar surface area (TPSA) is 103 Å². The third kappa shape index (κ3) is 7.92. The van der Waals surface area contributed by atoms with Gasteiger partial charge in [0.1, 0.15) is 43.4 Å². The van der Waals surface area contributed by atoms with Crippen LogP contribution in [0.1, 0.15) is 5.56 Å². The molecule has 11 nitrogen and oxygen atoms in total. The van der Waals surface area contributed by atoms with E-state index in [0.717, 1.165) is 43.3 Å². The van der Waals surface area contributed by atoms with E-state index in [2.05, 4.69) is 37.3 Å². The number of amides is 1. The largest absolute Gasteiger partial charge is 0.491 e. The van der Waals surface area contributed by atoms with Gasteiger partial charge >= 0.3 is 6.09 Å². The van der Waals surface area contributed by atoms with Gasteiger partial charge in [0.25, 0.3) is 0 Å². The van der Waals surface area contributed by atoms with Gasteiger partial charge in [0.05, 0.1) is 11.6 Å². The number of hydrogen-bond donors (Lipinski definition) is 1. The quantitative estimate of drug-likeness (QED) is 0.167. The second kappa shape index (κ2) is 14.8. The predicted molar refractivity (Wildman–Crippen MR) is 188 cm³/mol. The van der Waals surface area contributed by atoms with E-state index in [9.17, 15) is 4.79 Å². The van der Waals surface area contributed by atoms with Crippen molar-refractivity contribution < 1.29 is 23.7 Å². The van der Waals surface area contributed by atoms with E-state index in [1.54, 1.807) is 35.3 Å². The molecule has 2 unspecified atom stereocenters. The number of carbonyl (C=O) groups is 1. The standard InChI is InChI=1S/C36H34Cl2N6O5/c37-26-6-15-33(34(38)20-26)36(23-44-25-39-24-40-44)47-22-32(49-36)21-46-30-13-11-29(12-14-30)43-18-16-42(17-19-43)28-9-7-27(8-10-28)41-35(45)48-31-4-2-1-3-5-31/h1-15,20,24-25,32H,16-19,21-23H2,(H,41,45). The molecule has 0 radical (unpaired) electrons. The first kappa shape index (κ1) is 32.7. The molecular formula is C36H34Cl2N6O5. The van der Waals surface area contributed by atoms with Crippen LogP contribution in [-0.2, 0) is 21.8 Å². The molecule has 2 fully saturated rings. The Morgan fingerprint density at radius 1 is 0.878 bits per heavy atom. The summed E-state index contributed by atoms with van der Waals surface area (Å²) in [6.45, 7) is 4.36. The summed E-state index contributed by atoms with van der Waals surface area (Å²) in [5, 5.41) is 7.97. The van der Waals surface area contributed by atoms with Gasteiger partial charge in [-0.2, -0.15) is 5.10 Å². The summed E-state index contributed by atoms with van der Waals surface area (Å²) in [7, 11) is 0. The van der Waals surface area contributed by atoms with Crippen LogP contribution in [-0.4, -0.2) is 66.4 Å². The minimum atomic E-state index is -1.16. The van der Waals surface area contributed by atoms with Gasteiger partial charge in [-0.25, -0.2) is 14.5 Å². The van der Waals surface area contributed by atoms with Crippen molar-refractivity contribution in [2.24, 2.45) is 0 Å². The van der Waals surface area contributed by atoms with Crippen LogP contribution in [0.15, 0.2) is 110 Å². The molecule has 2 atom stereocenters. The van der Waals surface area contributed by atoms with E-state index in [0.29, 0.717) is 40.3 Å². The minimum absolute atomic E-state index is 0.265. The lowest BCUT2D eigenvalue weighted by Crippen LogP contribution is -2.46. The van der Waals surface area contributed by atoms with Crippen molar-refractivity contribution in [1.82, 2.24) is 14.8 Å². The number of rotatable bonds is 10. The average molecular weight is 702 g/mol. The van der Waals surface area contributed by atoms with Gasteiger partial charge in [-0.3, -0.25) is 5.32 Å². The lowest BCUT2D eigenvalue weighted by molar-refractivity contribution is -0.190. The number of nitrogens with zero attached hydrogens (tertiary/aromatic N) is 5. The highest BCUT2D eigenvalue weighted by molar-refractivity contribution is 6.35. The first-order valence-corrected chi connectivity index (χ1v) is 16.6. The van der Waals surface area contributed by atoms with Crippen molar-refractivity contribution in [3.8, 4) is 11.5 Å². The van der Waals surface area contributed by atoms with E-state index < -0.39 is 11.9 Å². The van der Waals surface area contributed by atoms with Crippen molar-refractivity contribution >= 4 is 46.4 Å². The third-order valence-corrected chi connectivity index (χ3v) is 8.94. The smallest absolute Gasteiger partial charge is 0.417 e. The lowest BCUT2D eigenvalue weighted by atomic mass is 10.1. The van der Waals surface area contributed by atoms with Crippen molar-refractivity contribution in [2.45, 2.75) is 18.4 Å². The molecule has 4 aromatic carbocycles. The summed E-state index contributed by atoms with van der Waals surface area (Å²) >= 11 is 12.7. The average Bonchev–Trinajstić information content (AvgIpc) is 3.79. The van der Waals surface area contributed by atoms with Crippen LogP contribution in [0.2, 0.25) is 10.0 Å². The number of ether oxygens (including phenoxy) is 4. The van der Waals surface area contributed by atoms with E-state index in [1.807, 2.05) is 60.7 Å². The monoisotopic (exact) mass is 700 g/mol. The second-order valence-corrected chi connectivity index (χ2v) is 12.5. The number of aromatic nitrogens is 3. The predicted octanol–water partition coefficient (Wildman–Crippen LogP) is 6.87. The maximum absolute atomic E-state index is 12.2. The Morgan fingerprint density at radius 2 is 1.57 bits per heavy atom. The molecule has 5 aromatic rings. The molecule has 1 N–H and O–H groups in total. The van der Waals surface area contributed by atoms with Crippen molar-refractivity contribution in [3.05, 3.63) is 125 Å². The number of nitrogens with one attached hydrogen (secondary N) is 1. The molecule has 2 aliphatic heterocycles. The van der Waals surface area contributed by atoms with Crippen LogP contribution in [0.4, 0.5) is 21.9 Å². The Hall–Kier alpha value is -4.81. The second-order valence-electron chi connectivity index (χ2n) is 11.7. The summed E-state index contributed by atoms with van der Waals surface area (Å²) < 4.78 is 25.8. The third-order valence-electron chi connectivity index (χ3n) is 8.39. The van der Waals surface area contributed by atoms with E-state index in [1.165, 1.54) is 6.33 Å². The minimum Gasteiger partial charge on any atom is -0.491 e. The van der Waals surface area contributed by atoms with E-state index in [4.69, 9.17) is 42.1 Å². The summed E-state index contributed by atoms with van der Waals surface area (Å²) in [6.07, 6.45) is 2.21. The highest BCUT2D eigenvalue weighted by Crippen LogP contribution is 2.40. The molecule has 2 saturated heterocycles. The van der Waals surface area contributed by atoms with Crippen LogP contribution >= 0.6 is 23.2 Å². The number of carbonyl (C=O) groups excluding carboxylic acids is 1. The van der Waals surface area contributed by atoms with Gasteiger partial charge in [0, 0.05) is 53.8 Å². The maximum atomic E-state index is 12.2. The normalized spacial score (nSPS) is 19.1. The fraction of sp³-hybridized carbons (Fsp3) is 0.250. The molecule has 0 spiro atoms. The highest BCUT2D eigenvalue weighted by atomic mass is 35.5. The van der Waals surface area contributed by atoms with Crippen LogP contribution in [0.3, 0.4) is 0 Å². The molecule has 0 aliphatic carbocycles. The van der Waals surface area contributed by atoms with Gasteiger partial charge in [-0.05, 0) is 72.8 Å². The molecule has 0 saturated carbocycles. The zero-order valence-electron chi connectivity index (χ0n) is 26.5. The molecule has 0 bridgehead atoms. The van der Waals surface area contributed by atoms with Gasteiger partial charge < -0.3 is 28.7 Å². The summed E-state index contributed by atoms with van der Waals surface area (Å²) in [5.41, 5.74) is 3.58. The Labute approximate surface area is 293 Å². The van der Waals surface area contributed by atoms with Gasteiger partial charge in [0.15, 0.2) is 0 Å². The number of halogens is 2. The summed E-state index contributed by atoms with van der Waals surface area (Å²) in [6, 6.07) is 30.1. The van der Waals surface area contributed by atoms with Crippen molar-refractivity contribution in [3.63, 3.8) is 0 Å². The number of para-hydroxylation sites is 1. The Kier molecular flexibility index (Phi) is 9.85. The van der Waals surface area contributed by atoms with Crippen LogP contribution in [0.25, 0.3) is 0 Å². The van der Waals surface area contributed by atoms with Gasteiger partial charge in [-0.15, -0.1) is 0 Å². The summed E-state index contributed by atoms with van der Waals surface area (Å²) in [5.74, 6) is 0.0742. The molecule has 49 heavy (non-hydrogen) atoms. The molecule has 1 amide bonds. The fourth-order valence-corrected chi connectivity index (χ4v) is 6.49. The van der Waals surface area contributed by atoms with Crippen LogP contribution in [0.5, 0.6) is 11.5 Å². The highest BCUT2D eigenvalue weighted by Gasteiger charge is 2.45. The zero-order valence-corrected chi connectivity index (χ0v) is 28.0. The molecule has 2 aliphatic rings. The number of piperazine rings is 1. The summed E-state index contributed by atoms with van der Waals surface area (Å²) in [4.78, 5) is 21.0. The van der Waals surface area contributed by atoms with Gasteiger partial charge in [-0.1, -0.05) is 47.5 Å². The molecule has 252 valence electrons. The molecule has 3 heterocycles. The van der Waals surface area contributed by atoms with E-state index >= 15 is 0 Å². The molecule has 13 heteroatoms. The Balaban J connectivity index is 0.893. The van der Waals surface area contributed by atoms with E-state index in [-0.39, 0.29) is 12.6 Å². The van der Waals surface area contributed by atoms with Crippen molar-refractivity contribution in [2.75, 3.05) is 54.5 Å². The first-order chi connectivity index (χ1) is 23.9. The van der Waals surface area contributed by atoms with Crippen LogP contribution < -0.4 is 24.6 Å². The molecular weight excluding hydrogens is 667 g/mol. The number of benzene rings is 4. The van der Waals surface area contributed by atoms with Crippen LogP contribution in [0, 0.1) is 0 Å². The fourth-order valence-electron chi connectivity index (χ4n) is 5.94. The lowest BCUT2D eigenvalue weighted by Gasteiger charge is -2.37. The number of anilines is 3. The molecule has 1 aromatic heterocycles. The first-order valence-electron chi connectivity index (χ1n) is 15.9. The maximum Gasteiger partial charge on any atom is 0.417 e. The Morgan fingerprint density at radius 3 is 2.22 bits per heavy atom. The van der Waals surface area contributed by atoms with Gasteiger partial charge in [0.2, 0.25) is 5.79 Å².